The number of benzene rings is 2. The number of hydrogen-bond donors (Lipinski definition) is 1. The summed E-state index contributed by atoms with van der Waals surface area (Å²) < 4.78 is 41.3. The van der Waals surface area contributed by atoms with E-state index in [0.717, 1.165) is 52.3 Å². The minimum absolute atomic E-state index is 0.268. The number of aromatic nitrogens is 2. The molecule has 0 aliphatic carbocycles. The van der Waals surface area contributed by atoms with Crippen molar-refractivity contribution in [2.75, 3.05) is 6.61 Å². The van der Waals surface area contributed by atoms with Gasteiger partial charge in [0, 0.05) is 34.9 Å². The summed E-state index contributed by atoms with van der Waals surface area (Å²) in [6, 6.07) is 9.64. The van der Waals surface area contributed by atoms with Crippen LogP contribution in [0.4, 0.5) is 8.78 Å². The number of halogens is 2. The summed E-state index contributed by atoms with van der Waals surface area (Å²) >= 11 is 0. The fourth-order valence-corrected chi connectivity index (χ4v) is 5.37. The van der Waals surface area contributed by atoms with E-state index < -0.39 is 29.3 Å². The van der Waals surface area contributed by atoms with Crippen molar-refractivity contribution in [1.29, 1.82) is 0 Å². The van der Waals surface area contributed by atoms with Gasteiger partial charge in [-0.15, -0.1) is 0 Å². The van der Waals surface area contributed by atoms with Crippen molar-refractivity contribution >= 4 is 17.0 Å². The molecule has 2 aromatic heterocycles. The van der Waals surface area contributed by atoms with Gasteiger partial charge < -0.3 is 19.1 Å². The zero-order valence-electron chi connectivity index (χ0n) is 22.8. The van der Waals surface area contributed by atoms with Crippen LogP contribution in [0.15, 0.2) is 42.6 Å². The third kappa shape index (κ3) is 5.13. The van der Waals surface area contributed by atoms with E-state index in [1.165, 1.54) is 12.1 Å². The van der Waals surface area contributed by atoms with Gasteiger partial charge in [0.05, 0.1) is 12.2 Å². The highest BCUT2D eigenvalue weighted by molar-refractivity contribution is 5.99. The number of carboxylic acid groups (broad SMARTS) is 1. The van der Waals surface area contributed by atoms with Gasteiger partial charge in [0.1, 0.15) is 11.4 Å². The molecule has 0 saturated heterocycles. The molecule has 0 amide bonds. The van der Waals surface area contributed by atoms with E-state index in [9.17, 15) is 18.7 Å². The Morgan fingerprint density at radius 1 is 1.15 bits per heavy atom. The zero-order chi connectivity index (χ0) is 28.1. The molecule has 0 spiro atoms. The third-order valence-corrected chi connectivity index (χ3v) is 7.08. The lowest BCUT2D eigenvalue weighted by atomic mass is 9.87. The summed E-state index contributed by atoms with van der Waals surface area (Å²) in [7, 11) is 0. The van der Waals surface area contributed by atoms with E-state index in [0.29, 0.717) is 29.1 Å². The number of carboxylic acids is 1. The molecule has 0 bridgehead atoms. The minimum atomic E-state index is -1.25. The monoisotopic (exact) mass is 534 g/mol. The van der Waals surface area contributed by atoms with Gasteiger partial charge in [-0.25, -0.2) is 18.6 Å². The molecule has 0 radical (unpaired) electrons. The van der Waals surface area contributed by atoms with Crippen LogP contribution >= 0.6 is 0 Å². The Labute approximate surface area is 226 Å². The number of carbonyl (C=O) groups is 1. The van der Waals surface area contributed by atoms with Crippen LogP contribution in [0.2, 0.25) is 0 Å². The topological polar surface area (TPSA) is 73.6 Å². The third-order valence-electron chi connectivity index (χ3n) is 7.08. The highest BCUT2D eigenvalue weighted by atomic mass is 19.2. The maximum Gasteiger partial charge on any atom is 0.337 e. The van der Waals surface area contributed by atoms with Crippen LogP contribution in [0.5, 0.6) is 5.75 Å². The Kier molecular flexibility index (Phi) is 6.93. The van der Waals surface area contributed by atoms with E-state index in [1.807, 2.05) is 56.7 Å². The van der Waals surface area contributed by atoms with Gasteiger partial charge in [0.25, 0.3) is 0 Å². The van der Waals surface area contributed by atoms with Crippen molar-refractivity contribution in [2.45, 2.75) is 65.7 Å². The van der Waals surface area contributed by atoms with Crippen LogP contribution in [0.3, 0.4) is 0 Å². The molecule has 1 atom stereocenters. The van der Waals surface area contributed by atoms with Crippen molar-refractivity contribution in [3.63, 3.8) is 0 Å². The molecule has 1 aliphatic heterocycles. The molecule has 0 saturated carbocycles. The Morgan fingerprint density at radius 3 is 2.62 bits per heavy atom. The number of aliphatic carboxylic acids is 1. The Balaban J connectivity index is 1.77. The number of ether oxygens (including phenoxy) is 2. The van der Waals surface area contributed by atoms with Gasteiger partial charge >= 0.3 is 5.97 Å². The minimum Gasteiger partial charge on any atom is -0.493 e. The van der Waals surface area contributed by atoms with Gasteiger partial charge in [0.2, 0.25) is 0 Å². The van der Waals surface area contributed by atoms with E-state index in [2.05, 4.69) is 0 Å². The largest absolute Gasteiger partial charge is 0.493 e. The van der Waals surface area contributed by atoms with Gasteiger partial charge in [-0.1, -0.05) is 12.1 Å². The van der Waals surface area contributed by atoms with Crippen LogP contribution in [-0.4, -0.2) is 32.8 Å². The average Bonchev–Trinajstić information content (AvgIpc) is 3.26. The molecule has 0 fully saturated rings. The van der Waals surface area contributed by atoms with E-state index in [1.54, 1.807) is 6.92 Å². The van der Waals surface area contributed by atoms with Crippen LogP contribution in [0.1, 0.15) is 61.2 Å². The van der Waals surface area contributed by atoms with Gasteiger partial charge in [-0.3, -0.25) is 0 Å². The second-order valence-corrected chi connectivity index (χ2v) is 11.0. The second-order valence-electron chi connectivity index (χ2n) is 11.0. The lowest BCUT2D eigenvalue weighted by Gasteiger charge is -2.29. The van der Waals surface area contributed by atoms with E-state index >= 15 is 0 Å². The smallest absolute Gasteiger partial charge is 0.337 e. The first-order valence-corrected chi connectivity index (χ1v) is 13.0. The van der Waals surface area contributed by atoms with E-state index in [4.69, 9.17) is 14.5 Å². The quantitative estimate of drug-likeness (QED) is 0.291. The Hall–Kier alpha value is -3.78. The number of rotatable bonds is 6. The number of aryl methyl sites for hydroxylation is 1. The fourth-order valence-electron chi connectivity index (χ4n) is 5.37. The standard InChI is InChI=1S/C31H32F2N2O4/c1-17-20-7-6-14-38-25(20)11-9-21(17)27-22-12-13-35(16-19-8-10-23(32)24(33)15-19)29(22)34-18(2)26(27)28(30(36)37)39-31(3,4)5/h8-13,15,28H,6-7,14,16H2,1-5H3,(H,36,37)/t28-/m0/s1. The van der Waals surface area contributed by atoms with Crippen molar-refractivity contribution in [2.24, 2.45) is 0 Å². The van der Waals surface area contributed by atoms with Crippen molar-refractivity contribution in [3.8, 4) is 16.9 Å². The number of pyridine rings is 1. The molecule has 5 rings (SSSR count). The Bertz CT molecular complexity index is 1590. The van der Waals surface area contributed by atoms with E-state index in [-0.39, 0.29) is 6.54 Å². The van der Waals surface area contributed by atoms with Gasteiger partial charge in [-0.05, 0) is 94.0 Å². The molecule has 8 heteroatoms. The predicted molar refractivity (Wildman–Crippen MR) is 145 cm³/mol. The molecule has 6 nitrogen and oxygen atoms in total. The first kappa shape index (κ1) is 26.8. The molecular formula is C31H32F2N2O4. The van der Waals surface area contributed by atoms with Crippen molar-refractivity contribution in [3.05, 3.63) is 82.2 Å². The van der Waals surface area contributed by atoms with Gasteiger partial charge in [0.15, 0.2) is 17.7 Å². The Morgan fingerprint density at radius 2 is 1.92 bits per heavy atom. The normalized spacial score (nSPS) is 14.2. The van der Waals surface area contributed by atoms with Crippen LogP contribution in [0.25, 0.3) is 22.2 Å². The summed E-state index contributed by atoms with van der Waals surface area (Å²) in [4.78, 5) is 17.5. The lowest BCUT2D eigenvalue weighted by molar-refractivity contribution is -0.160. The molecule has 3 heterocycles. The molecule has 4 aromatic rings. The summed E-state index contributed by atoms with van der Waals surface area (Å²) in [5.74, 6) is -2.06. The molecule has 204 valence electrons. The molecule has 2 aromatic carbocycles. The predicted octanol–water partition coefficient (Wildman–Crippen LogP) is 6.91. The first-order chi connectivity index (χ1) is 18.4. The van der Waals surface area contributed by atoms with Crippen LogP contribution in [-0.2, 0) is 22.5 Å². The zero-order valence-corrected chi connectivity index (χ0v) is 22.8. The summed E-state index contributed by atoms with van der Waals surface area (Å²) in [5, 5.41) is 11.1. The van der Waals surface area contributed by atoms with Gasteiger partial charge in [-0.2, -0.15) is 0 Å². The van der Waals surface area contributed by atoms with Crippen molar-refractivity contribution < 1.29 is 28.2 Å². The maximum atomic E-state index is 13.9. The first-order valence-electron chi connectivity index (χ1n) is 13.0. The summed E-state index contributed by atoms with van der Waals surface area (Å²) in [6.45, 7) is 10.2. The summed E-state index contributed by atoms with van der Waals surface area (Å²) in [5.41, 5.74) is 5.25. The summed E-state index contributed by atoms with van der Waals surface area (Å²) in [6.07, 6.45) is 2.36. The molecule has 1 aliphatic rings. The molecular weight excluding hydrogens is 502 g/mol. The molecule has 39 heavy (non-hydrogen) atoms. The maximum absolute atomic E-state index is 13.9. The average molecular weight is 535 g/mol. The highest BCUT2D eigenvalue weighted by Crippen LogP contribution is 2.43. The lowest BCUT2D eigenvalue weighted by Crippen LogP contribution is -2.28. The SMILES string of the molecule is Cc1nc2c(ccn2Cc2ccc(F)c(F)c2)c(-c2ccc3c(c2C)CCCO3)c1[C@H](OC(C)(C)C)C(=O)O. The van der Waals surface area contributed by atoms with Crippen LogP contribution in [0, 0.1) is 25.5 Å². The fraction of sp³-hybridized carbons (Fsp3) is 0.355. The number of fused-ring (bicyclic) bond motifs is 2. The van der Waals surface area contributed by atoms with Crippen molar-refractivity contribution in [1.82, 2.24) is 9.55 Å². The number of hydrogen-bond acceptors (Lipinski definition) is 4. The number of nitrogens with zero attached hydrogens (tertiary/aromatic N) is 2. The highest BCUT2D eigenvalue weighted by Gasteiger charge is 2.33. The molecule has 0 unspecified atom stereocenters. The molecule has 1 N–H and O–H groups in total. The van der Waals surface area contributed by atoms with Crippen LogP contribution < -0.4 is 4.74 Å². The second kappa shape index (κ2) is 10.1.